The third-order valence-corrected chi connectivity index (χ3v) is 3.03. The van der Waals surface area contributed by atoms with Crippen LogP contribution in [0.15, 0.2) is 24.3 Å². The first-order valence-corrected chi connectivity index (χ1v) is 6.93. The number of nitrogens with zero attached hydrogens (tertiary/aromatic N) is 1. The summed E-state index contributed by atoms with van der Waals surface area (Å²) in [5, 5.41) is 0.589. The Morgan fingerprint density at radius 1 is 1.25 bits per heavy atom. The minimum Gasteiger partial charge on any atom is -0.469 e. The highest BCUT2D eigenvalue weighted by Gasteiger charge is 2.18. The molecular weight excluding hydrogens is 278 g/mol. The molecule has 0 unspecified atom stereocenters. The molecule has 20 heavy (non-hydrogen) atoms. The highest BCUT2D eigenvalue weighted by molar-refractivity contribution is 6.30. The van der Waals surface area contributed by atoms with Gasteiger partial charge in [-0.1, -0.05) is 25.4 Å². The SMILES string of the molecule is COC(=O)CCN(CC(C)C)C(=O)c1ccc(Cl)cc1. The van der Waals surface area contributed by atoms with E-state index in [2.05, 4.69) is 4.74 Å². The second-order valence-electron chi connectivity index (χ2n) is 4.98. The van der Waals surface area contributed by atoms with Crippen LogP contribution in [0, 0.1) is 5.92 Å². The minimum absolute atomic E-state index is 0.0979. The summed E-state index contributed by atoms with van der Waals surface area (Å²) in [6.45, 7) is 5.01. The van der Waals surface area contributed by atoms with E-state index in [9.17, 15) is 9.59 Å². The van der Waals surface area contributed by atoms with Crippen LogP contribution in [0.5, 0.6) is 0 Å². The Kier molecular flexibility index (Phi) is 6.52. The Bertz CT molecular complexity index is 457. The second kappa shape index (κ2) is 7.90. The summed E-state index contributed by atoms with van der Waals surface area (Å²) >= 11 is 5.82. The van der Waals surface area contributed by atoms with Gasteiger partial charge in [0, 0.05) is 23.7 Å². The van der Waals surface area contributed by atoms with E-state index in [0.29, 0.717) is 29.6 Å². The van der Waals surface area contributed by atoms with Gasteiger partial charge in [-0.05, 0) is 30.2 Å². The first-order valence-electron chi connectivity index (χ1n) is 6.55. The van der Waals surface area contributed by atoms with Gasteiger partial charge in [0.05, 0.1) is 13.5 Å². The van der Waals surface area contributed by atoms with Gasteiger partial charge in [-0.2, -0.15) is 0 Å². The van der Waals surface area contributed by atoms with Gasteiger partial charge in [-0.3, -0.25) is 9.59 Å². The molecule has 0 N–H and O–H groups in total. The molecule has 0 aromatic heterocycles. The molecule has 0 fully saturated rings. The third kappa shape index (κ3) is 5.21. The molecule has 1 aromatic rings. The number of carbonyl (C=O) groups is 2. The first kappa shape index (κ1) is 16.5. The summed E-state index contributed by atoms with van der Waals surface area (Å²) in [4.78, 5) is 25.3. The van der Waals surface area contributed by atoms with Gasteiger partial charge < -0.3 is 9.64 Å². The standard InChI is InChI=1S/C15H20ClNO3/c1-11(2)10-17(9-8-14(18)20-3)15(19)12-4-6-13(16)7-5-12/h4-7,11H,8-10H2,1-3H3. The molecule has 0 spiro atoms. The molecule has 0 saturated carbocycles. The van der Waals surface area contributed by atoms with Crippen molar-refractivity contribution in [3.63, 3.8) is 0 Å². The maximum atomic E-state index is 12.4. The predicted octanol–water partition coefficient (Wildman–Crippen LogP) is 3.00. The van der Waals surface area contributed by atoms with Crippen molar-refractivity contribution in [1.29, 1.82) is 0 Å². The molecular formula is C15H20ClNO3. The number of ether oxygens (including phenoxy) is 1. The summed E-state index contributed by atoms with van der Waals surface area (Å²) in [6, 6.07) is 6.75. The molecule has 0 heterocycles. The van der Waals surface area contributed by atoms with E-state index in [1.165, 1.54) is 7.11 Å². The van der Waals surface area contributed by atoms with Crippen molar-refractivity contribution in [3.8, 4) is 0 Å². The lowest BCUT2D eigenvalue weighted by Gasteiger charge is -2.24. The number of benzene rings is 1. The smallest absolute Gasteiger partial charge is 0.307 e. The summed E-state index contributed by atoms with van der Waals surface area (Å²) in [6.07, 6.45) is 0.197. The number of amides is 1. The van der Waals surface area contributed by atoms with Crippen LogP contribution in [0.2, 0.25) is 5.02 Å². The number of hydrogen-bond donors (Lipinski definition) is 0. The van der Waals surface area contributed by atoms with E-state index in [1.807, 2.05) is 13.8 Å². The molecule has 0 aliphatic heterocycles. The molecule has 1 rings (SSSR count). The van der Waals surface area contributed by atoms with Crippen molar-refractivity contribution in [3.05, 3.63) is 34.9 Å². The van der Waals surface area contributed by atoms with Crippen LogP contribution in [0.3, 0.4) is 0 Å². The fourth-order valence-electron chi connectivity index (χ4n) is 1.82. The van der Waals surface area contributed by atoms with Gasteiger partial charge in [0.1, 0.15) is 0 Å². The van der Waals surface area contributed by atoms with Crippen LogP contribution in [0.1, 0.15) is 30.6 Å². The molecule has 4 nitrogen and oxygen atoms in total. The Labute approximate surface area is 124 Å². The molecule has 0 aliphatic rings. The summed E-state index contributed by atoms with van der Waals surface area (Å²) in [7, 11) is 1.34. The van der Waals surface area contributed by atoms with Gasteiger partial charge in [-0.15, -0.1) is 0 Å². The van der Waals surface area contributed by atoms with Crippen molar-refractivity contribution < 1.29 is 14.3 Å². The number of rotatable bonds is 6. The van der Waals surface area contributed by atoms with Gasteiger partial charge in [0.25, 0.3) is 5.91 Å². The summed E-state index contributed by atoms with van der Waals surface area (Å²) < 4.78 is 4.61. The van der Waals surface area contributed by atoms with Crippen molar-refractivity contribution in [1.82, 2.24) is 4.90 Å². The zero-order valence-corrected chi connectivity index (χ0v) is 12.8. The lowest BCUT2D eigenvalue weighted by molar-refractivity contribution is -0.140. The number of esters is 1. The number of hydrogen-bond acceptors (Lipinski definition) is 3. The van der Waals surface area contributed by atoms with Crippen LogP contribution >= 0.6 is 11.6 Å². The molecule has 0 atom stereocenters. The zero-order chi connectivity index (χ0) is 15.1. The predicted molar refractivity (Wildman–Crippen MR) is 78.8 cm³/mol. The van der Waals surface area contributed by atoms with E-state index in [0.717, 1.165) is 0 Å². The average molecular weight is 298 g/mol. The van der Waals surface area contributed by atoms with Crippen LogP contribution < -0.4 is 0 Å². The van der Waals surface area contributed by atoms with Gasteiger partial charge in [-0.25, -0.2) is 0 Å². The van der Waals surface area contributed by atoms with Gasteiger partial charge in [0.2, 0.25) is 0 Å². The van der Waals surface area contributed by atoms with Crippen molar-refractivity contribution in [2.75, 3.05) is 20.2 Å². The quantitative estimate of drug-likeness (QED) is 0.758. The van der Waals surface area contributed by atoms with E-state index in [1.54, 1.807) is 29.2 Å². The van der Waals surface area contributed by atoms with E-state index < -0.39 is 0 Å². The Morgan fingerprint density at radius 2 is 1.85 bits per heavy atom. The van der Waals surface area contributed by atoms with Crippen molar-refractivity contribution in [2.45, 2.75) is 20.3 Å². The van der Waals surface area contributed by atoms with E-state index in [-0.39, 0.29) is 18.3 Å². The van der Waals surface area contributed by atoms with Crippen LogP contribution in [0.25, 0.3) is 0 Å². The summed E-state index contributed by atoms with van der Waals surface area (Å²) in [5.41, 5.74) is 0.569. The molecule has 0 saturated heterocycles. The highest BCUT2D eigenvalue weighted by atomic mass is 35.5. The monoisotopic (exact) mass is 297 g/mol. The molecule has 1 aromatic carbocycles. The number of methoxy groups -OCH3 is 1. The van der Waals surface area contributed by atoms with Crippen LogP contribution in [0.4, 0.5) is 0 Å². The van der Waals surface area contributed by atoms with Gasteiger partial charge in [0.15, 0.2) is 0 Å². The highest BCUT2D eigenvalue weighted by Crippen LogP contribution is 2.13. The lowest BCUT2D eigenvalue weighted by Crippen LogP contribution is -2.36. The molecule has 0 aliphatic carbocycles. The topological polar surface area (TPSA) is 46.6 Å². The fraction of sp³-hybridized carbons (Fsp3) is 0.467. The van der Waals surface area contributed by atoms with Gasteiger partial charge >= 0.3 is 5.97 Å². The van der Waals surface area contributed by atoms with Crippen LogP contribution in [-0.4, -0.2) is 37.0 Å². The van der Waals surface area contributed by atoms with Crippen LogP contribution in [-0.2, 0) is 9.53 Å². The van der Waals surface area contributed by atoms with E-state index in [4.69, 9.17) is 11.6 Å². The third-order valence-electron chi connectivity index (χ3n) is 2.78. The molecule has 5 heteroatoms. The summed E-state index contributed by atoms with van der Waals surface area (Å²) in [5.74, 6) is -0.0918. The molecule has 0 bridgehead atoms. The average Bonchev–Trinajstić information content (AvgIpc) is 2.42. The molecule has 110 valence electrons. The normalized spacial score (nSPS) is 10.4. The largest absolute Gasteiger partial charge is 0.469 e. The van der Waals surface area contributed by atoms with E-state index >= 15 is 0 Å². The maximum absolute atomic E-state index is 12.4. The number of carbonyl (C=O) groups excluding carboxylic acids is 2. The molecule has 0 radical (unpaired) electrons. The molecule has 1 amide bonds. The van der Waals surface area contributed by atoms with Crippen molar-refractivity contribution in [2.24, 2.45) is 5.92 Å². The van der Waals surface area contributed by atoms with Crippen molar-refractivity contribution >= 4 is 23.5 Å². The first-order chi connectivity index (χ1) is 9.43. The zero-order valence-electron chi connectivity index (χ0n) is 12.1. The lowest BCUT2D eigenvalue weighted by atomic mass is 10.1. The minimum atomic E-state index is -0.317. The number of halogens is 1. The second-order valence-corrected chi connectivity index (χ2v) is 5.41. The Hall–Kier alpha value is -1.55. The maximum Gasteiger partial charge on any atom is 0.307 e. The fourth-order valence-corrected chi connectivity index (χ4v) is 1.95. The Balaban J connectivity index is 2.78. The Morgan fingerprint density at radius 3 is 2.35 bits per heavy atom.